The van der Waals surface area contributed by atoms with Crippen LogP contribution in [0.2, 0.25) is 0 Å². The summed E-state index contributed by atoms with van der Waals surface area (Å²) in [5.41, 5.74) is 6.11. The van der Waals surface area contributed by atoms with Crippen molar-refractivity contribution in [3.63, 3.8) is 0 Å². The number of hydroxylamine groups is 1. The molecule has 0 saturated carbocycles. The van der Waals surface area contributed by atoms with E-state index in [1.165, 1.54) is 37.7 Å². The smallest absolute Gasteiger partial charge is 0.127 e. The van der Waals surface area contributed by atoms with Crippen molar-refractivity contribution in [3.05, 3.63) is 35.0 Å². The summed E-state index contributed by atoms with van der Waals surface area (Å²) in [7, 11) is 0. The van der Waals surface area contributed by atoms with E-state index in [-0.39, 0.29) is 16.9 Å². The van der Waals surface area contributed by atoms with Crippen molar-refractivity contribution < 1.29 is 14.7 Å². The Morgan fingerprint density at radius 3 is 2.61 bits per heavy atom. The number of nitrogens with one attached hydrogen (secondary N) is 1. The van der Waals surface area contributed by atoms with Crippen LogP contribution in [0.1, 0.15) is 117 Å². The molecule has 0 bridgehead atoms. The summed E-state index contributed by atoms with van der Waals surface area (Å²) < 4.78 is 6.57. The zero-order chi connectivity index (χ0) is 24.2. The molecule has 4 nitrogen and oxygen atoms in total. The van der Waals surface area contributed by atoms with E-state index < -0.39 is 0 Å². The maximum Gasteiger partial charge on any atom is 0.127 e. The maximum absolute atomic E-state index is 11.2. The fraction of sp³-hybridized carbons (Fsp3) is 0.724. The van der Waals surface area contributed by atoms with Gasteiger partial charge in [0.2, 0.25) is 0 Å². The Labute approximate surface area is 202 Å². The highest BCUT2D eigenvalue weighted by Crippen LogP contribution is 2.54. The predicted molar refractivity (Wildman–Crippen MR) is 137 cm³/mol. The summed E-state index contributed by atoms with van der Waals surface area (Å²) in [6.07, 6.45) is 11.7. The average Bonchev–Trinajstić information content (AvgIpc) is 2.72. The van der Waals surface area contributed by atoms with Gasteiger partial charge in [0.1, 0.15) is 17.1 Å². The van der Waals surface area contributed by atoms with Gasteiger partial charge in [-0.1, -0.05) is 72.8 Å². The van der Waals surface area contributed by atoms with Gasteiger partial charge in [0, 0.05) is 23.1 Å². The first-order valence-corrected chi connectivity index (χ1v) is 13.2. The van der Waals surface area contributed by atoms with E-state index in [9.17, 15) is 5.11 Å². The molecule has 33 heavy (non-hydrogen) atoms. The molecule has 0 amide bonds. The minimum absolute atomic E-state index is 0.00286. The molecular weight excluding hydrogens is 410 g/mol. The number of unbranched alkanes of at least 4 members (excludes halogenated alkanes) is 4. The van der Waals surface area contributed by atoms with Crippen molar-refractivity contribution in [2.75, 3.05) is 6.61 Å². The molecule has 1 aliphatic heterocycles. The molecule has 1 heterocycles. The quantitative estimate of drug-likeness (QED) is 0.263. The van der Waals surface area contributed by atoms with Gasteiger partial charge in [-0.05, 0) is 62.1 Å². The Kier molecular flexibility index (Phi) is 8.42. The van der Waals surface area contributed by atoms with Gasteiger partial charge in [-0.25, -0.2) is 0 Å². The number of fused-ring (bicyclic) bond motifs is 3. The molecule has 3 rings (SSSR count). The lowest BCUT2D eigenvalue weighted by molar-refractivity contribution is 0.00292. The number of allylic oxidation sites excluding steroid dienone is 2. The molecular formula is C29H47NO3. The second-order valence-electron chi connectivity index (χ2n) is 11.8. The molecule has 0 spiro atoms. The summed E-state index contributed by atoms with van der Waals surface area (Å²) in [5.74, 6) is 2.14. The minimum Gasteiger partial charge on any atom is -0.507 e. The zero-order valence-electron chi connectivity index (χ0n) is 22.1. The highest BCUT2D eigenvalue weighted by Gasteiger charge is 2.46. The number of hydrogen-bond acceptors (Lipinski definition) is 4. The lowest BCUT2D eigenvalue weighted by Crippen LogP contribution is -2.46. The topological polar surface area (TPSA) is 50.7 Å². The van der Waals surface area contributed by atoms with Crippen molar-refractivity contribution in [1.82, 2.24) is 5.48 Å². The molecule has 0 saturated heterocycles. The lowest BCUT2D eigenvalue weighted by Gasteiger charge is -2.47. The summed E-state index contributed by atoms with van der Waals surface area (Å²) >= 11 is 0. The molecule has 2 aliphatic rings. The van der Waals surface area contributed by atoms with Gasteiger partial charge in [0.15, 0.2) is 0 Å². The largest absolute Gasteiger partial charge is 0.507 e. The molecule has 0 fully saturated rings. The summed E-state index contributed by atoms with van der Waals surface area (Å²) in [6.45, 7) is 16.2. The highest BCUT2D eigenvalue weighted by molar-refractivity contribution is 5.55. The third kappa shape index (κ3) is 6.26. The van der Waals surface area contributed by atoms with Crippen molar-refractivity contribution in [3.8, 4) is 11.5 Å². The van der Waals surface area contributed by atoms with Crippen molar-refractivity contribution in [2.45, 2.75) is 117 Å². The van der Waals surface area contributed by atoms with Crippen LogP contribution in [0, 0.1) is 11.8 Å². The Balaban J connectivity index is 1.84. The number of ether oxygens (including phenoxy) is 1. The van der Waals surface area contributed by atoms with Gasteiger partial charge in [-0.3, -0.25) is 10.3 Å². The van der Waals surface area contributed by atoms with Crippen LogP contribution in [0.15, 0.2) is 23.9 Å². The lowest BCUT2D eigenvalue weighted by atomic mass is 9.68. The normalized spacial score (nSPS) is 21.8. The molecule has 1 aliphatic carbocycles. The second-order valence-corrected chi connectivity index (χ2v) is 11.8. The predicted octanol–water partition coefficient (Wildman–Crippen LogP) is 7.76. The second kappa shape index (κ2) is 10.7. The van der Waals surface area contributed by atoms with Crippen molar-refractivity contribution in [1.29, 1.82) is 0 Å². The third-order valence-corrected chi connectivity index (χ3v) is 7.57. The number of aromatic hydroxyl groups is 1. The van der Waals surface area contributed by atoms with Crippen LogP contribution in [-0.4, -0.2) is 17.3 Å². The van der Waals surface area contributed by atoms with Gasteiger partial charge in [-0.2, -0.15) is 0 Å². The Bertz CT molecular complexity index is 824. The molecule has 0 unspecified atom stereocenters. The van der Waals surface area contributed by atoms with Crippen LogP contribution in [-0.2, 0) is 10.3 Å². The van der Waals surface area contributed by atoms with E-state index in [0.29, 0.717) is 24.2 Å². The first-order valence-electron chi connectivity index (χ1n) is 13.2. The third-order valence-electron chi connectivity index (χ3n) is 7.57. The number of rotatable bonds is 11. The molecule has 0 aromatic heterocycles. The van der Waals surface area contributed by atoms with Gasteiger partial charge in [-0.15, -0.1) is 0 Å². The van der Waals surface area contributed by atoms with Crippen LogP contribution in [0.25, 0.3) is 0 Å². The van der Waals surface area contributed by atoms with E-state index in [2.05, 4.69) is 66.1 Å². The van der Waals surface area contributed by atoms with Crippen molar-refractivity contribution >= 4 is 0 Å². The summed E-state index contributed by atoms with van der Waals surface area (Å²) in [6, 6.07) is 4.19. The fourth-order valence-corrected chi connectivity index (χ4v) is 5.45. The minimum atomic E-state index is -0.284. The number of benzene rings is 1. The van der Waals surface area contributed by atoms with Gasteiger partial charge in [0.25, 0.3) is 0 Å². The Morgan fingerprint density at radius 1 is 1.18 bits per heavy atom. The standard InChI is InChI=1S/C29H47NO3/c1-8-9-10-11-12-15-28(4,5)21-16-25(31)27-23-18-22(30-32-19-20(2)3)13-14-24(23)29(6,7)33-26(27)17-21/h16-18,20,23-24,30-31H,8-15,19H2,1-7H3/t23-,24+/m1/s1. The molecule has 1 aromatic rings. The van der Waals surface area contributed by atoms with Gasteiger partial charge >= 0.3 is 0 Å². The van der Waals surface area contributed by atoms with E-state index >= 15 is 0 Å². The molecule has 1 aromatic carbocycles. The molecule has 2 N–H and O–H groups in total. The number of hydrogen-bond donors (Lipinski definition) is 2. The molecule has 2 atom stereocenters. The average molecular weight is 458 g/mol. The monoisotopic (exact) mass is 457 g/mol. The number of phenolic OH excluding ortho intramolecular Hbond substituents is 1. The van der Waals surface area contributed by atoms with Crippen LogP contribution in [0.3, 0.4) is 0 Å². The van der Waals surface area contributed by atoms with Crippen LogP contribution < -0.4 is 10.2 Å². The highest BCUT2D eigenvalue weighted by atomic mass is 16.6. The Hall–Kier alpha value is -1.68. The molecule has 0 radical (unpaired) electrons. The van der Waals surface area contributed by atoms with Crippen LogP contribution in [0.4, 0.5) is 0 Å². The van der Waals surface area contributed by atoms with Crippen LogP contribution >= 0.6 is 0 Å². The van der Waals surface area contributed by atoms with E-state index in [0.717, 1.165) is 36.3 Å². The first kappa shape index (κ1) is 25.9. The summed E-state index contributed by atoms with van der Waals surface area (Å²) in [4.78, 5) is 5.70. The zero-order valence-corrected chi connectivity index (χ0v) is 22.1. The van der Waals surface area contributed by atoms with E-state index in [1.807, 2.05) is 6.07 Å². The maximum atomic E-state index is 11.2. The number of phenols is 1. The molecule has 186 valence electrons. The summed E-state index contributed by atoms with van der Waals surface area (Å²) in [5, 5.41) is 11.2. The molecule has 4 heteroatoms. The Morgan fingerprint density at radius 2 is 1.91 bits per heavy atom. The van der Waals surface area contributed by atoms with Crippen LogP contribution in [0.5, 0.6) is 11.5 Å². The SMILES string of the molecule is CCCCCCCC(C)(C)c1cc(O)c2c(c1)OC(C)(C)[C@H]1CCC(NOCC(C)C)=C[C@@H]21. The van der Waals surface area contributed by atoms with E-state index in [4.69, 9.17) is 9.57 Å². The first-order chi connectivity index (χ1) is 15.5. The van der Waals surface area contributed by atoms with Gasteiger partial charge in [0.05, 0.1) is 6.61 Å². The van der Waals surface area contributed by atoms with E-state index in [1.54, 1.807) is 0 Å². The fourth-order valence-electron chi connectivity index (χ4n) is 5.45. The van der Waals surface area contributed by atoms with Crippen molar-refractivity contribution in [2.24, 2.45) is 11.8 Å². The van der Waals surface area contributed by atoms with Gasteiger partial charge < -0.3 is 9.84 Å².